The Balaban J connectivity index is 0.00000169. The lowest BCUT2D eigenvalue weighted by Gasteiger charge is -2.35. The SMILES string of the molecule is CN(C)CC1(C(=O)O)CCCCC1.Cl. The highest BCUT2D eigenvalue weighted by atomic mass is 35.5. The summed E-state index contributed by atoms with van der Waals surface area (Å²) in [5, 5.41) is 9.21. The number of carboxylic acid groups (broad SMARTS) is 1. The maximum atomic E-state index is 11.2. The summed E-state index contributed by atoms with van der Waals surface area (Å²) in [7, 11) is 3.89. The summed E-state index contributed by atoms with van der Waals surface area (Å²) in [4.78, 5) is 13.2. The van der Waals surface area contributed by atoms with E-state index in [0.29, 0.717) is 6.54 Å². The van der Waals surface area contributed by atoms with E-state index in [0.717, 1.165) is 25.7 Å². The summed E-state index contributed by atoms with van der Waals surface area (Å²) >= 11 is 0. The zero-order valence-electron chi connectivity index (χ0n) is 8.95. The van der Waals surface area contributed by atoms with Crippen LogP contribution < -0.4 is 0 Å². The molecule has 1 rings (SSSR count). The van der Waals surface area contributed by atoms with E-state index in [1.807, 2.05) is 19.0 Å². The summed E-state index contributed by atoms with van der Waals surface area (Å²) in [6.07, 6.45) is 5.03. The van der Waals surface area contributed by atoms with Crippen LogP contribution in [0.1, 0.15) is 32.1 Å². The molecular weight excluding hydrogens is 202 g/mol. The minimum absolute atomic E-state index is 0. The lowest BCUT2D eigenvalue weighted by Crippen LogP contribution is -2.42. The molecule has 0 unspecified atom stereocenters. The van der Waals surface area contributed by atoms with Gasteiger partial charge in [-0.25, -0.2) is 0 Å². The maximum Gasteiger partial charge on any atom is 0.310 e. The van der Waals surface area contributed by atoms with Crippen molar-refractivity contribution in [3.63, 3.8) is 0 Å². The van der Waals surface area contributed by atoms with E-state index in [9.17, 15) is 9.90 Å². The number of nitrogens with zero attached hydrogens (tertiary/aromatic N) is 1. The standard InChI is InChI=1S/C10H19NO2.ClH/c1-11(2)8-10(9(12)13)6-4-3-5-7-10;/h3-8H2,1-2H3,(H,12,13);1H. The molecule has 1 fully saturated rings. The Bertz CT molecular complexity index is 189. The second-order valence-corrected chi connectivity index (χ2v) is 4.38. The van der Waals surface area contributed by atoms with Crippen molar-refractivity contribution in [1.82, 2.24) is 4.90 Å². The van der Waals surface area contributed by atoms with Gasteiger partial charge in [0.15, 0.2) is 0 Å². The first-order valence-electron chi connectivity index (χ1n) is 4.95. The zero-order valence-corrected chi connectivity index (χ0v) is 9.77. The lowest BCUT2D eigenvalue weighted by molar-refractivity contribution is -0.152. The van der Waals surface area contributed by atoms with Crippen LogP contribution in [0.3, 0.4) is 0 Å². The van der Waals surface area contributed by atoms with Crippen LogP contribution in [0.5, 0.6) is 0 Å². The summed E-state index contributed by atoms with van der Waals surface area (Å²) in [5.74, 6) is -0.610. The van der Waals surface area contributed by atoms with Crippen LogP contribution in [0.4, 0.5) is 0 Å². The van der Waals surface area contributed by atoms with Gasteiger partial charge >= 0.3 is 5.97 Å². The van der Waals surface area contributed by atoms with Crippen LogP contribution in [0, 0.1) is 5.41 Å². The highest BCUT2D eigenvalue weighted by molar-refractivity contribution is 5.85. The largest absolute Gasteiger partial charge is 0.481 e. The molecule has 0 aromatic rings. The molecule has 0 spiro atoms. The first-order valence-corrected chi connectivity index (χ1v) is 4.95. The van der Waals surface area contributed by atoms with E-state index in [4.69, 9.17) is 0 Å². The molecule has 0 saturated heterocycles. The molecule has 84 valence electrons. The summed E-state index contributed by atoms with van der Waals surface area (Å²) in [5.41, 5.74) is -0.457. The average Bonchev–Trinajstić information content (AvgIpc) is 2.04. The summed E-state index contributed by atoms with van der Waals surface area (Å²) in [6.45, 7) is 0.683. The van der Waals surface area contributed by atoms with Gasteiger partial charge < -0.3 is 10.0 Å². The Morgan fingerprint density at radius 3 is 2.14 bits per heavy atom. The molecule has 0 aliphatic heterocycles. The van der Waals surface area contributed by atoms with Gasteiger partial charge in [-0.05, 0) is 26.9 Å². The Hall–Kier alpha value is -0.280. The van der Waals surface area contributed by atoms with Crippen molar-refractivity contribution in [2.45, 2.75) is 32.1 Å². The van der Waals surface area contributed by atoms with E-state index in [1.54, 1.807) is 0 Å². The molecule has 1 aliphatic rings. The number of carboxylic acids is 1. The second kappa shape index (κ2) is 5.56. The molecule has 1 saturated carbocycles. The van der Waals surface area contributed by atoms with Gasteiger partial charge in [0.05, 0.1) is 5.41 Å². The number of hydrogen-bond donors (Lipinski definition) is 1. The minimum Gasteiger partial charge on any atom is -0.481 e. The first-order chi connectivity index (χ1) is 6.07. The Labute approximate surface area is 91.9 Å². The van der Waals surface area contributed by atoms with Crippen molar-refractivity contribution >= 4 is 18.4 Å². The van der Waals surface area contributed by atoms with E-state index < -0.39 is 11.4 Å². The fourth-order valence-corrected chi connectivity index (χ4v) is 2.27. The van der Waals surface area contributed by atoms with Gasteiger partial charge in [0, 0.05) is 6.54 Å². The van der Waals surface area contributed by atoms with Crippen LogP contribution in [0.15, 0.2) is 0 Å². The second-order valence-electron chi connectivity index (χ2n) is 4.38. The smallest absolute Gasteiger partial charge is 0.310 e. The molecule has 0 heterocycles. The minimum atomic E-state index is -0.610. The fourth-order valence-electron chi connectivity index (χ4n) is 2.27. The van der Waals surface area contributed by atoms with E-state index >= 15 is 0 Å². The fraction of sp³-hybridized carbons (Fsp3) is 0.900. The predicted octanol–water partition coefficient (Wildman–Crippen LogP) is 2.00. The Kier molecular flexibility index (Phi) is 5.45. The predicted molar refractivity (Wildman–Crippen MR) is 59.0 cm³/mol. The topological polar surface area (TPSA) is 40.5 Å². The third kappa shape index (κ3) is 3.14. The quantitative estimate of drug-likeness (QED) is 0.793. The maximum absolute atomic E-state index is 11.2. The molecular formula is C10H20ClNO2. The molecule has 4 heteroatoms. The third-order valence-electron chi connectivity index (χ3n) is 2.88. The van der Waals surface area contributed by atoms with Crippen LogP contribution in [0.25, 0.3) is 0 Å². The van der Waals surface area contributed by atoms with Gasteiger partial charge in [-0.1, -0.05) is 19.3 Å². The van der Waals surface area contributed by atoms with E-state index in [1.165, 1.54) is 6.42 Å². The molecule has 3 nitrogen and oxygen atoms in total. The molecule has 0 atom stereocenters. The molecule has 0 bridgehead atoms. The Morgan fingerprint density at radius 2 is 1.79 bits per heavy atom. The lowest BCUT2D eigenvalue weighted by atomic mass is 9.74. The van der Waals surface area contributed by atoms with Crippen molar-refractivity contribution in [2.75, 3.05) is 20.6 Å². The van der Waals surface area contributed by atoms with Gasteiger partial charge in [-0.15, -0.1) is 12.4 Å². The van der Waals surface area contributed by atoms with Gasteiger partial charge in [0.1, 0.15) is 0 Å². The number of aliphatic carboxylic acids is 1. The van der Waals surface area contributed by atoms with E-state index in [-0.39, 0.29) is 12.4 Å². The van der Waals surface area contributed by atoms with E-state index in [2.05, 4.69) is 0 Å². The summed E-state index contributed by atoms with van der Waals surface area (Å²) < 4.78 is 0. The van der Waals surface area contributed by atoms with Crippen LogP contribution in [0.2, 0.25) is 0 Å². The van der Waals surface area contributed by atoms with Crippen molar-refractivity contribution in [1.29, 1.82) is 0 Å². The highest BCUT2D eigenvalue weighted by Gasteiger charge is 2.39. The molecule has 0 amide bonds. The van der Waals surface area contributed by atoms with Crippen molar-refractivity contribution in [2.24, 2.45) is 5.41 Å². The normalized spacial score (nSPS) is 20.2. The number of carbonyl (C=O) groups is 1. The monoisotopic (exact) mass is 221 g/mol. The summed E-state index contributed by atoms with van der Waals surface area (Å²) in [6, 6.07) is 0. The average molecular weight is 222 g/mol. The van der Waals surface area contributed by atoms with Crippen molar-refractivity contribution < 1.29 is 9.90 Å². The number of hydrogen-bond acceptors (Lipinski definition) is 2. The van der Waals surface area contributed by atoms with Gasteiger partial charge in [-0.3, -0.25) is 4.79 Å². The first kappa shape index (κ1) is 13.7. The van der Waals surface area contributed by atoms with Gasteiger partial charge in [-0.2, -0.15) is 0 Å². The molecule has 0 aromatic heterocycles. The molecule has 1 N–H and O–H groups in total. The molecule has 0 radical (unpaired) electrons. The van der Waals surface area contributed by atoms with Crippen LogP contribution >= 0.6 is 12.4 Å². The van der Waals surface area contributed by atoms with Crippen LogP contribution in [-0.4, -0.2) is 36.6 Å². The Morgan fingerprint density at radius 1 is 1.29 bits per heavy atom. The molecule has 0 aromatic carbocycles. The molecule has 1 aliphatic carbocycles. The number of halogens is 1. The molecule has 14 heavy (non-hydrogen) atoms. The van der Waals surface area contributed by atoms with Crippen LogP contribution in [-0.2, 0) is 4.79 Å². The third-order valence-corrected chi connectivity index (χ3v) is 2.88. The van der Waals surface area contributed by atoms with Gasteiger partial charge in [0.2, 0.25) is 0 Å². The van der Waals surface area contributed by atoms with Crippen molar-refractivity contribution in [3.05, 3.63) is 0 Å². The number of rotatable bonds is 3. The van der Waals surface area contributed by atoms with Crippen molar-refractivity contribution in [3.8, 4) is 0 Å². The van der Waals surface area contributed by atoms with Gasteiger partial charge in [0.25, 0.3) is 0 Å². The zero-order chi connectivity index (χ0) is 9.90. The highest BCUT2D eigenvalue weighted by Crippen LogP contribution is 2.36.